The summed E-state index contributed by atoms with van der Waals surface area (Å²) < 4.78 is 29.1. The van der Waals surface area contributed by atoms with Crippen molar-refractivity contribution in [2.75, 3.05) is 13.2 Å². The second-order valence-electron chi connectivity index (χ2n) is 5.56. The Morgan fingerprint density at radius 3 is 2.67 bits per heavy atom. The molecule has 0 aromatic carbocycles. The Balaban J connectivity index is 2.02. The molecule has 2 N–H and O–H groups in total. The Hall–Kier alpha value is -0.170. The first-order chi connectivity index (χ1) is 8.54. The quantitative estimate of drug-likeness (QED) is 0.800. The van der Waals surface area contributed by atoms with E-state index in [1.807, 2.05) is 6.92 Å². The maximum Gasteiger partial charge on any atom is 0.279 e. The van der Waals surface area contributed by atoms with E-state index < -0.39 is 10.2 Å². The van der Waals surface area contributed by atoms with Crippen molar-refractivity contribution in [3.05, 3.63) is 0 Å². The van der Waals surface area contributed by atoms with Gasteiger partial charge in [0.2, 0.25) is 0 Å². The predicted molar refractivity (Wildman–Crippen MR) is 70.3 cm³/mol. The monoisotopic (exact) mass is 276 g/mol. The Labute approximate surface area is 110 Å². The van der Waals surface area contributed by atoms with E-state index in [0.29, 0.717) is 6.54 Å². The van der Waals surface area contributed by atoms with Gasteiger partial charge in [0.25, 0.3) is 10.2 Å². The standard InChI is InChI=1S/C12H24N2O3S/c1-10-5-2-3-8-14(10)18(16,17)13-12-7-4-6-11(12)9-15/h10-13,15H,2-9H2,1H3. The minimum Gasteiger partial charge on any atom is -0.396 e. The second kappa shape index (κ2) is 5.86. The molecule has 1 saturated carbocycles. The molecule has 0 bridgehead atoms. The van der Waals surface area contributed by atoms with Crippen LogP contribution in [0.15, 0.2) is 0 Å². The van der Waals surface area contributed by atoms with Crippen molar-refractivity contribution in [3.8, 4) is 0 Å². The van der Waals surface area contributed by atoms with Gasteiger partial charge in [0.15, 0.2) is 0 Å². The third-order valence-electron chi connectivity index (χ3n) is 4.24. The highest BCUT2D eigenvalue weighted by atomic mass is 32.2. The minimum atomic E-state index is -3.39. The van der Waals surface area contributed by atoms with Crippen molar-refractivity contribution >= 4 is 10.2 Å². The van der Waals surface area contributed by atoms with Gasteiger partial charge in [-0.15, -0.1) is 0 Å². The Bertz CT molecular complexity index is 372. The van der Waals surface area contributed by atoms with E-state index >= 15 is 0 Å². The average molecular weight is 276 g/mol. The summed E-state index contributed by atoms with van der Waals surface area (Å²) in [6, 6.07) is -0.000596. The first-order valence-corrected chi connectivity index (χ1v) is 8.38. The zero-order valence-electron chi connectivity index (χ0n) is 11.0. The molecule has 18 heavy (non-hydrogen) atoms. The van der Waals surface area contributed by atoms with E-state index in [1.165, 1.54) is 0 Å². The summed E-state index contributed by atoms with van der Waals surface area (Å²) in [4.78, 5) is 0. The van der Waals surface area contributed by atoms with Crippen LogP contribution in [0.4, 0.5) is 0 Å². The highest BCUT2D eigenvalue weighted by molar-refractivity contribution is 7.87. The van der Waals surface area contributed by atoms with Crippen LogP contribution in [0.1, 0.15) is 45.4 Å². The highest BCUT2D eigenvalue weighted by Gasteiger charge is 2.35. The molecule has 3 unspecified atom stereocenters. The lowest BCUT2D eigenvalue weighted by Crippen LogP contribution is -2.51. The topological polar surface area (TPSA) is 69.6 Å². The lowest BCUT2D eigenvalue weighted by Gasteiger charge is -2.33. The van der Waals surface area contributed by atoms with Crippen molar-refractivity contribution in [1.82, 2.24) is 9.03 Å². The summed E-state index contributed by atoms with van der Waals surface area (Å²) in [7, 11) is -3.39. The number of aliphatic hydroxyl groups excluding tert-OH is 1. The SMILES string of the molecule is CC1CCCCN1S(=O)(=O)NC1CCCC1CO. The van der Waals surface area contributed by atoms with Crippen LogP contribution in [-0.2, 0) is 10.2 Å². The molecule has 1 heterocycles. The van der Waals surface area contributed by atoms with Crippen LogP contribution in [0.3, 0.4) is 0 Å². The Morgan fingerprint density at radius 2 is 2.00 bits per heavy atom. The van der Waals surface area contributed by atoms with Crippen LogP contribution in [0, 0.1) is 5.92 Å². The van der Waals surface area contributed by atoms with E-state index in [1.54, 1.807) is 4.31 Å². The van der Waals surface area contributed by atoms with Gasteiger partial charge < -0.3 is 5.11 Å². The van der Waals surface area contributed by atoms with Gasteiger partial charge in [0, 0.05) is 25.2 Å². The molecule has 0 amide bonds. The summed E-state index contributed by atoms with van der Waals surface area (Å²) in [5, 5.41) is 9.25. The molecule has 3 atom stereocenters. The zero-order valence-corrected chi connectivity index (χ0v) is 11.8. The number of aliphatic hydroxyl groups is 1. The maximum atomic E-state index is 12.3. The van der Waals surface area contributed by atoms with Gasteiger partial charge in [-0.25, -0.2) is 0 Å². The van der Waals surface area contributed by atoms with Crippen LogP contribution in [0.25, 0.3) is 0 Å². The van der Waals surface area contributed by atoms with E-state index in [9.17, 15) is 13.5 Å². The number of rotatable bonds is 4. The van der Waals surface area contributed by atoms with Crippen LogP contribution in [0.5, 0.6) is 0 Å². The molecule has 2 aliphatic rings. The van der Waals surface area contributed by atoms with Gasteiger partial charge >= 0.3 is 0 Å². The molecule has 1 aliphatic heterocycles. The summed E-state index contributed by atoms with van der Waals surface area (Å²) in [6.45, 7) is 2.66. The number of piperidine rings is 1. The van der Waals surface area contributed by atoms with Gasteiger partial charge in [0.1, 0.15) is 0 Å². The van der Waals surface area contributed by atoms with Crippen LogP contribution in [0.2, 0.25) is 0 Å². The van der Waals surface area contributed by atoms with Gasteiger partial charge in [-0.3, -0.25) is 0 Å². The molecular formula is C12H24N2O3S. The largest absolute Gasteiger partial charge is 0.396 e. The Morgan fingerprint density at radius 1 is 1.22 bits per heavy atom. The summed E-state index contributed by atoms with van der Waals surface area (Å²) in [5.41, 5.74) is 0. The number of hydrogen-bond acceptors (Lipinski definition) is 3. The normalized spacial score (nSPS) is 34.9. The van der Waals surface area contributed by atoms with Crippen molar-refractivity contribution in [2.24, 2.45) is 5.92 Å². The van der Waals surface area contributed by atoms with Crippen molar-refractivity contribution in [3.63, 3.8) is 0 Å². The van der Waals surface area contributed by atoms with Crippen molar-refractivity contribution in [2.45, 2.75) is 57.5 Å². The fourth-order valence-corrected chi connectivity index (χ4v) is 4.88. The fourth-order valence-electron chi connectivity index (χ4n) is 3.10. The van der Waals surface area contributed by atoms with Gasteiger partial charge in [-0.2, -0.15) is 17.4 Å². The molecule has 106 valence electrons. The van der Waals surface area contributed by atoms with E-state index in [4.69, 9.17) is 0 Å². The van der Waals surface area contributed by atoms with Crippen LogP contribution in [-0.4, -0.2) is 43.1 Å². The summed E-state index contributed by atoms with van der Waals surface area (Å²) >= 11 is 0. The molecule has 5 nitrogen and oxygen atoms in total. The Kier molecular flexibility index (Phi) is 4.64. The van der Waals surface area contributed by atoms with Crippen LogP contribution >= 0.6 is 0 Å². The predicted octanol–water partition coefficient (Wildman–Crippen LogP) is 0.856. The van der Waals surface area contributed by atoms with Gasteiger partial charge in [-0.1, -0.05) is 12.8 Å². The number of hydrogen-bond donors (Lipinski definition) is 2. The third-order valence-corrected chi connectivity index (χ3v) is 6.01. The molecule has 0 radical (unpaired) electrons. The van der Waals surface area contributed by atoms with E-state index in [-0.39, 0.29) is 24.6 Å². The first kappa shape index (κ1) is 14.2. The van der Waals surface area contributed by atoms with Crippen molar-refractivity contribution in [1.29, 1.82) is 0 Å². The molecule has 1 saturated heterocycles. The number of nitrogens with one attached hydrogen (secondary N) is 1. The number of nitrogens with zero attached hydrogens (tertiary/aromatic N) is 1. The minimum absolute atomic E-state index is 0.0722. The summed E-state index contributed by atoms with van der Waals surface area (Å²) in [5.74, 6) is 0.0832. The summed E-state index contributed by atoms with van der Waals surface area (Å²) in [6.07, 6.45) is 5.74. The zero-order chi connectivity index (χ0) is 13.2. The molecule has 2 rings (SSSR count). The molecule has 1 aliphatic carbocycles. The molecule has 0 aromatic heterocycles. The smallest absolute Gasteiger partial charge is 0.279 e. The van der Waals surface area contributed by atoms with Crippen LogP contribution < -0.4 is 4.72 Å². The third kappa shape index (κ3) is 3.04. The van der Waals surface area contributed by atoms with E-state index in [0.717, 1.165) is 38.5 Å². The van der Waals surface area contributed by atoms with Gasteiger partial charge in [-0.05, 0) is 38.5 Å². The van der Waals surface area contributed by atoms with Gasteiger partial charge in [0.05, 0.1) is 0 Å². The lowest BCUT2D eigenvalue weighted by molar-refractivity contribution is 0.210. The first-order valence-electron chi connectivity index (χ1n) is 6.94. The van der Waals surface area contributed by atoms with Crippen molar-refractivity contribution < 1.29 is 13.5 Å². The molecule has 6 heteroatoms. The molecule has 0 spiro atoms. The lowest BCUT2D eigenvalue weighted by atomic mass is 10.1. The maximum absolute atomic E-state index is 12.3. The second-order valence-corrected chi connectivity index (χ2v) is 7.21. The molecular weight excluding hydrogens is 252 g/mol. The molecule has 2 fully saturated rings. The fraction of sp³-hybridized carbons (Fsp3) is 1.00. The highest BCUT2D eigenvalue weighted by Crippen LogP contribution is 2.27. The van der Waals surface area contributed by atoms with E-state index in [2.05, 4.69) is 4.72 Å². The molecule has 0 aromatic rings. The average Bonchev–Trinajstić information content (AvgIpc) is 2.76.